The number of nitrogens with one attached hydrogen (secondary N) is 1. The molecule has 98 valence electrons. The first-order valence-corrected chi connectivity index (χ1v) is 6.08. The lowest BCUT2D eigenvalue weighted by molar-refractivity contribution is -0.138. The second-order valence-corrected chi connectivity index (χ2v) is 4.42. The van der Waals surface area contributed by atoms with Crippen LogP contribution in [0, 0.1) is 6.92 Å². The highest BCUT2D eigenvalue weighted by Gasteiger charge is 2.10. The Kier molecular flexibility index (Phi) is 3.80. The number of rotatable bonds is 4. The molecule has 0 aliphatic rings. The molecule has 2 aromatic rings. The Balaban J connectivity index is 2.26. The molecule has 0 heterocycles. The Labute approximate surface area is 111 Å². The normalized spacial score (nSPS) is 10.4. The topological polar surface area (TPSA) is 66.4 Å². The summed E-state index contributed by atoms with van der Waals surface area (Å²) in [5, 5.41) is 13.4. The van der Waals surface area contributed by atoms with Crippen LogP contribution < -0.4 is 5.32 Å². The molecule has 4 nitrogen and oxygen atoms in total. The lowest BCUT2D eigenvalue weighted by atomic mass is 10.0. The number of carboxylic acids is 1. The molecule has 2 aromatic carbocycles. The number of anilines is 1. The zero-order chi connectivity index (χ0) is 13.8. The van der Waals surface area contributed by atoms with Gasteiger partial charge in [-0.1, -0.05) is 36.4 Å². The van der Waals surface area contributed by atoms with Crippen molar-refractivity contribution in [1.82, 2.24) is 0 Å². The van der Waals surface area contributed by atoms with Gasteiger partial charge in [0.05, 0.1) is 12.1 Å². The number of fused-ring (bicyclic) bond motifs is 1. The van der Waals surface area contributed by atoms with Gasteiger partial charge >= 0.3 is 5.97 Å². The Morgan fingerprint density at radius 3 is 2.58 bits per heavy atom. The first-order valence-electron chi connectivity index (χ1n) is 6.08. The zero-order valence-electron chi connectivity index (χ0n) is 10.6. The van der Waals surface area contributed by atoms with Crippen molar-refractivity contribution in [3.05, 3.63) is 42.0 Å². The maximum Gasteiger partial charge on any atom is 0.303 e. The molecule has 2 rings (SSSR count). The Hall–Kier alpha value is -2.36. The van der Waals surface area contributed by atoms with E-state index in [2.05, 4.69) is 5.32 Å². The van der Waals surface area contributed by atoms with E-state index in [0.29, 0.717) is 0 Å². The molecule has 0 aliphatic heterocycles. The predicted molar refractivity (Wildman–Crippen MR) is 74.2 cm³/mol. The molecule has 0 fully saturated rings. The minimum atomic E-state index is -0.968. The van der Waals surface area contributed by atoms with Crippen molar-refractivity contribution in [1.29, 1.82) is 0 Å². The number of hydrogen-bond acceptors (Lipinski definition) is 2. The molecule has 0 aromatic heterocycles. The molecule has 0 unspecified atom stereocenters. The van der Waals surface area contributed by atoms with Crippen molar-refractivity contribution >= 4 is 28.3 Å². The van der Waals surface area contributed by atoms with Gasteiger partial charge in [-0.3, -0.25) is 9.59 Å². The van der Waals surface area contributed by atoms with Crippen LogP contribution in [0.4, 0.5) is 5.69 Å². The fourth-order valence-corrected chi connectivity index (χ4v) is 1.97. The predicted octanol–water partition coefficient (Wildman–Crippen LogP) is 2.95. The number of amides is 1. The largest absolute Gasteiger partial charge is 0.481 e. The van der Waals surface area contributed by atoms with Gasteiger partial charge in [-0.05, 0) is 17.9 Å². The molecule has 0 saturated carbocycles. The van der Waals surface area contributed by atoms with Crippen molar-refractivity contribution < 1.29 is 14.7 Å². The van der Waals surface area contributed by atoms with Crippen molar-refractivity contribution in [2.75, 3.05) is 5.32 Å². The summed E-state index contributed by atoms with van der Waals surface area (Å²) < 4.78 is 0. The summed E-state index contributed by atoms with van der Waals surface area (Å²) in [4.78, 5) is 22.2. The van der Waals surface area contributed by atoms with Crippen molar-refractivity contribution in [2.24, 2.45) is 0 Å². The van der Waals surface area contributed by atoms with Crippen LogP contribution in [0.2, 0.25) is 0 Å². The van der Waals surface area contributed by atoms with Crippen LogP contribution in [0.1, 0.15) is 18.4 Å². The van der Waals surface area contributed by atoms with Crippen LogP contribution >= 0.6 is 0 Å². The first kappa shape index (κ1) is 13.1. The second kappa shape index (κ2) is 5.52. The summed E-state index contributed by atoms with van der Waals surface area (Å²) in [6.45, 7) is 1.92. The summed E-state index contributed by atoms with van der Waals surface area (Å²) in [7, 11) is 0. The maximum atomic E-state index is 11.7. The SMILES string of the molecule is Cc1ccc2ccccc2c1NC(=O)CCC(=O)O. The average molecular weight is 257 g/mol. The van der Waals surface area contributed by atoms with Crippen molar-refractivity contribution in [2.45, 2.75) is 19.8 Å². The molecule has 0 radical (unpaired) electrons. The van der Waals surface area contributed by atoms with Gasteiger partial charge in [0.25, 0.3) is 0 Å². The van der Waals surface area contributed by atoms with E-state index >= 15 is 0 Å². The fraction of sp³-hybridized carbons (Fsp3) is 0.200. The lowest BCUT2D eigenvalue weighted by Crippen LogP contribution is -2.14. The highest BCUT2D eigenvalue weighted by molar-refractivity contribution is 6.03. The number of aliphatic carboxylic acids is 1. The molecular weight excluding hydrogens is 242 g/mol. The van der Waals surface area contributed by atoms with Gasteiger partial charge in [0, 0.05) is 11.8 Å². The van der Waals surface area contributed by atoms with E-state index in [1.807, 2.05) is 43.3 Å². The minimum Gasteiger partial charge on any atom is -0.481 e. The summed E-state index contributed by atoms with van der Waals surface area (Å²) in [6.07, 6.45) is -0.173. The zero-order valence-corrected chi connectivity index (χ0v) is 10.6. The van der Waals surface area contributed by atoms with Gasteiger partial charge in [0.2, 0.25) is 5.91 Å². The summed E-state index contributed by atoms with van der Waals surface area (Å²) >= 11 is 0. The van der Waals surface area contributed by atoms with Gasteiger partial charge in [-0.25, -0.2) is 0 Å². The van der Waals surface area contributed by atoms with Crippen LogP contribution in [0.25, 0.3) is 10.8 Å². The van der Waals surface area contributed by atoms with E-state index in [1.54, 1.807) is 0 Å². The van der Waals surface area contributed by atoms with Gasteiger partial charge in [-0.2, -0.15) is 0 Å². The fourth-order valence-electron chi connectivity index (χ4n) is 1.97. The van der Waals surface area contributed by atoms with Crippen LogP contribution in [-0.4, -0.2) is 17.0 Å². The van der Waals surface area contributed by atoms with E-state index in [0.717, 1.165) is 22.0 Å². The molecule has 0 aliphatic carbocycles. The number of carbonyl (C=O) groups excluding carboxylic acids is 1. The smallest absolute Gasteiger partial charge is 0.303 e. The van der Waals surface area contributed by atoms with Crippen molar-refractivity contribution in [3.63, 3.8) is 0 Å². The summed E-state index contributed by atoms with van der Waals surface area (Å²) in [6, 6.07) is 11.7. The van der Waals surface area contributed by atoms with Gasteiger partial charge < -0.3 is 10.4 Å². The molecule has 0 spiro atoms. The van der Waals surface area contributed by atoms with Gasteiger partial charge in [0.15, 0.2) is 0 Å². The van der Waals surface area contributed by atoms with Crippen molar-refractivity contribution in [3.8, 4) is 0 Å². The molecule has 1 amide bonds. The molecule has 2 N–H and O–H groups in total. The molecule has 19 heavy (non-hydrogen) atoms. The minimum absolute atomic E-state index is 0.0159. The van der Waals surface area contributed by atoms with Crippen LogP contribution in [0.5, 0.6) is 0 Å². The van der Waals surface area contributed by atoms with Crippen LogP contribution in [0.15, 0.2) is 36.4 Å². The Morgan fingerprint density at radius 2 is 1.84 bits per heavy atom. The van der Waals surface area contributed by atoms with Gasteiger partial charge in [0.1, 0.15) is 0 Å². The highest BCUT2D eigenvalue weighted by atomic mass is 16.4. The number of carbonyl (C=O) groups is 2. The number of hydrogen-bond donors (Lipinski definition) is 2. The van der Waals surface area contributed by atoms with E-state index < -0.39 is 5.97 Å². The second-order valence-electron chi connectivity index (χ2n) is 4.42. The summed E-state index contributed by atoms with van der Waals surface area (Å²) in [5.41, 5.74) is 1.72. The molecular formula is C15H15NO3. The van der Waals surface area contributed by atoms with E-state index in [1.165, 1.54) is 0 Å². The third-order valence-corrected chi connectivity index (χ3v) is 2.97. The Bertz CT molecular complexity index is 634. The van der Waals surface area contributed by atoms with Crippen LogP contribution in [-0.2, 0) is 9.59 Å². The quantitative estimate of drug-likeness (QED) is 0.884. The maximum absolute atomic E-state index is 11.7. The number of aryl methyl sites for hydroxylation is 1. The number of carboxylic acid groups (broad SMARTS) is 1. The summed E-state index contributed by atoms with van der Waals surface area (Å²) in [5.74, 6) is -1.24. The molecule has 0 atom stereocenters. The lowest BCUT2D eigenvalue weighted by Gasteiger charge is -2.11. The third kappa shape index (κ3) is 3.10. The van der Waals surface area contributed by atoms with E-state index in [4.69, 9.17) is 5.11 Å². The number of benzene rings is 2. The van der Waals surface area contributed by atoms with Crippen LogP contribution in [0.3, 0.4) is 0 Å². The first-order chi connectivity index (χ1) is 9.08. The van der Waals surface area contributed by atoms with E-state index in [9.17, 15) is 9.59 Å². The third-order valence-electron chi connectivity index (χ3n) is 2.97. The average Bonchev–Trinajstić information content (AvgIpc) is 2.40. The monoisotopic (exact) mass is 257 g/mol. The van der Waals surface area contributed by atoms with E-state index in [-0.39, 0.29) is 18.7 Å². The molecule has 0 saturated heterocycles. The molecule has 0 bridgehead atoms. The standard InChI is InChI=1S/C15H15NO3/c1-10-6-7-11-4-2-3-5-12(11)15(10)16-13(17)8-9-14(18)19/h2-7H,8-9H2,1H3,(H,16,17)(H,18,19). The Morgan fingerprint density at radius 1 is 1.11 bits per heavy atom. The van der Waals surface area contributed by atoms with Gasteiger partial charge in [-0.15, -0.1) is 0 Å². The highest BCUT2D eigenvalue weighted by Crippen LogP contribution is 2.27. The molecule has 4 heteroatoms.